The zero-order valence-electron chi connectivity index (χ0n) is 11.0. The summed E-state index contributed by atoms with van der Waals surface area (Å²) in [5.41, 5.74) is 1.35. The molecule has 1 N–H and O–H groups in total. The van der Waals surface area contributed by atoms with Crippen LogP contribution in [0.2, 0.25) is 0 Å². The third-order valence-electron chi connectivity index (χ3n) is 2.74. The van der Waals surface area contributed by atoms with Crippen LogP contribution in [0.3, 0.4) is 0 Å². The van der Waals surface area contributed by atoms with Gasteiger partial charge < -0.3 is 10.1 Å². The van der Waals surface area contributed by atoms with Gasteiger partial charge in [-0.1, -0.05) is 6.92 Å². The molecule has 3 heteroatoms. The number of aromatic nitrogens is 1. The van der Waals surface area contributed by atoms with Crippen LogP contribution in [-0.2, 0) is 11.2 Å². The van der Waals surface area contributed by atoms with E-state index in [2.05, 4.69) is 29.4 Å². The highest BCUT2D eigenvalue weighted by Crippen LogP contribution is 2.04. The molecular formula is C14H24N2O. The van der Waals surface area contributed by atoms with E-state index < -0.39 is 0 Å². The summed E-state index contributed by atoms with van der Waals surface area (Å²) in [6.45, 7) is 6.89. The Morgan fingerprint density at radius 2 is 2.06 bits per heavy atom. The van der Waals surface area contributed by atoms with Gasteiger partial charge >= 0.3 is 0 Å². The predicted molar refractivity (Wildman–Crippen MR) is 71.1 cm³/mol. The smallest absolute Gasteiger partial charge is 0.0619 e. The number of hydrogen-bond acceptors (Lipinski definition) is 3. The monoisotopic (exact) mass is 236 g/mol. The lowest BCUT2D eigenvalue weighted by Gasteiger charge is -2.18. The fourth-order valence-corrected chi connectivity index (χ4v) is 1.74. The maximum Gasteiger partial charge on any atom is 0.0619 e. The Hall–Kier alpha value is -0.930. The standard InChI is InChI=1S/C14H24N2O/c1-3-9-16-14(12-17-4-2)6-5-13-7-10-15-11-8-13/h7-8,10-11,14,16H,3-6,9,12H2,1-2H3. The van der Waals surface area contributed by atoms with Crippen LogP contribution in [0.4, 0.5) is 0 Å². The van der Waals surface area contributed by atoms with Crippen LogP contribution in [0, 0.1) is 0 Å². The predicted octanol–water partition coefficient (Wildman–Crippen LogP) is 2.42. The number of hydrogen-bond donors (Lipinski definition) is 1. The number of pyridine rings is 1. The van der Waals surface area contributed by atoms with Gasteiger partial charge in [0.2, 0.25) is 0 Å². The Labute approximate surface area is 105 Å². The summed E-state index contributed by atoms with van der Waals surface area (Å²) in [7, 11) is 0. The van der Waals surface area contributed by atoms with Crippen LogP contribution < -0.4 is 5.32 Å². The lowest BCUT2D eigenvalue weighted by atomic mass is 10.1. The van der Waals surface area contributed by atoms with Crippen LogP contribution in [0.15, 0.2) is 24.5 Å². The second kappa shape index (κ2) is 9.14. The Balaban J connectivity index is 2.31. The highest BCUT2D eigenvalue weighted by molar-refractivity contribution is 5.09. The van der Waals surface area contributed by atoms with Crippen molar-refractivity contribution in [3.05, 3.63) is 30.1 Å². The molecule has 3 nitrogen and oxygen atoms in total. The lowest BCUT2D eigenvalue weighted by Crippen LogP contribution is -2.34. The Morgan fingerprint density at radius 1 is 1.29 bits per heavy atom. The highest BCUT2D eigenvalue weighted by Gasteiger charge is 2.07. The van der Waals surface area contributed by atoms with Gasteiger partial charge in [0.15, 0.2) is 0 Å². The molecule has 0 radical (unpaired) electrons. The van der Waals surface area contributed by atoms with Gasteiger partial charge in [-0.25, -0.2) is 0 Å². The Kier molecular flexibility index (Phi) is 7.60. The van der Waals surface area contributed by atoms with Gasteiger partial charge in [0.25, 0.3) is 0 Å². The van der Waals surface area contributed by atoms with E-state index in [0.29, 0.717) is 6.04 Å². The molecule has 0 aliphatic carbocycles. The molecule has 0 fully saturated rings. The van der Waals surface area contributed by atoms with Gasteiger partial charge in [0.05, 0.1) is 6.61 Å². The average molecular weight is 236 g/mol. The molecule has 1 aromatic rings. The molecule has 0 spiro atoms. The molecule has 17 heavy (non-hydrogen) atoms. The molecule has 0 bridgehead atoms. The van der Waals surface area contributed by atoms with Crippen molar-refractivity contribution in [1.82, 2.24) is 10.3 Å². The molecule has 1 atom stereocenters. The summed E-state index contributed by atoms with van der Waals surface area (Å²) >= 11 is 0. The minimum atomic E-state index is 0.461. The SMILES string of the molecule is CCCNC(CCc1ccncc1)COCC. The second-order valence-corrected chi connectivity index (χ2v) is 4.20. The molecule has 0 saturated heterocycles. The topological polar surface area (TPSA) is 34.2 Å². The van der Waals surface area contributed by atoms with Gasteiger partial charge in [-0.2, -0.15) is 0 Å². The van der Waals surface area contributed by atoms with Crippen molar-refractivity contribution in [3.63, 3.8) is 0 Å². The summed E-state index contributed by atoms with van der Waals surface area (Å²) in [6, 6.07) is 4.62. The second-order valence-electron chi connectivity index (χ2n) is 4.20. The first-order valence-corrected chi connectivity index (χ1v) is 6.56. The quantitative estimate of drug-likeness (QED) is 0.715. The van der Waals surface area contributed by atoms with E-state index >= 15 is 0 Å². The summed E-state index contributed by atoms with van der Waals surface area (Å²) in [4.78, 5) is 4.03. The fourth-order valence-electron chi connectivity index (χ4n) is 1.74. The van der Waals surface area contributed by atoms with Gasteiger partial charge in [0.1, 0.15) is 0 Å². The van der Waals surface area contributed by atoms with E-state index in [1.54, 1.807) is 0 Å². The van der Waals surface area contributed by atoms with Crippen LogP contribution in [0.1, 0.15) is 32.3 Å². The minimum absolute atomic E-state index is 0.461. The molecule has 0 aromatic carbocycles. The molecule has 0 saturated carbocycles. The molecule has 1 aromatic heterocycles. The van der Waals surface area contributed by atoms with Gasteiger partial charge in [-0.3, -0.25) is 4.98 Å². The molecule has 0 aliphatic rings. The van der Waals surface area contributed by atoms with Gasteiger partial charge in [0, 0.05) is 25.0 Å². The first-order chi connectivity index (χ1) is 8.36. The fraction of sp³-hybridized carbons (Fsp3) is 0.643. The first-order valence-electron chi connectivity index (χ1n) is 6.56. The van der Waals surface area contributed by atoms with Gasteiger partial charge in [-0.15, -0.1) is 0 Å². The van der Waals surface area contributed by atoms with E-state index in [1.165, 1.54) is 5.56 Å². The van der Waals surface area contributed by atoms with Crippen molar-refractivity contribution in [2.45, 2.75) is 39.2 Å². The number of nitrogens with one attached hydrogen (secondary N) is 1. The number of rotatable bonds is 9. The van der Waals surface area contributed by atoms with Crippen LogP contribution >= 0.6 is 0 Å². The minimum Gasteiger partial charge on any atom is -0.380 e. The maximum absolute atomic E-state index is 5.51. The highest BCUT2D eigenvalue weighted by atomic mass is 16.5. The lowest BCUT2D eigenvalue weighted by molar-refractivity contribution is 0.120. The molecular weight excluding hydrogens is 212 g/mol. The number of aryl methyl sites for hydroxylation is 1. The van der Waals surface area contributed by atoms with Crippen LogP contribution in [0.5, 0.6) is 0 Å². The van der Waals surface area contributed by atoms with Crippen molar-refractivity contribution < 1.29 is 4.74 Å². The van der Waals surface area contributed by atoms with Gasteiger partial charge in [-0.05, 0) is 50.4 Å². The number of ether oxygens (including phenoxy) is 1. The van der Waals surface area contributed by atoms with Crippen molar-refractivity contribution in [2.75, 3.05) is 19.8 Å². The summed E-state index contributed by atoms with van der Waals surface area (Å²) in [6.07, 6.45) is 7.07. The van der Waals surface area contributed by atoms with E-state index in [9.17, 15) is 0 Å². The number of nitrogens with zero attached hydrogens (tertiary/aromatic N) is 1. The van der Waals surface area contributed by atoms with E-state index in [1.807, 2.05) is 19.3 Å². The Bertz CT molecular complexity index is 269. The molecule has 0 aliphatic heterocycles. The molecule has 1 unspecified atom stereocenters. The average Bonchev–Trinajstić information content (AvgIpc) is 2.39. The summed E-state index contributed by atoms with van der Waals surface area (Å²) in [5.74, 6) is 0. The van der Waals surface area contributed by atoms with Crippen molar-refractivity contribution in [1.29, 1.82) is 0 Å². The molecule has 96 valence electrons. The van der Waals surface area contributed by atoms with Crippen molar-refractivity contribution in [3.8, 4) is 0 Å². The maximum atomic E-state index is 5.51. The molecule has 0 amide bonds. The third-order valence-corrected chi connectivity index (χ3v) is 2.74. The first kappa shape index (κ1) is 14.1. The largest absolute Gasteiger partial charge is 0.380 e. The van der Waals surface area contributed by atoms with Crippen LogP contribution in [-0.4, -0.2) is 30.8 Å². The van der Waals surface area contributed by atoms with E-state index in [0.717, 1.165) is 39.0 Å². The van der Waals surface area contributed by atoms with Crippen LogP contribution in [0.25, 0.3) is 0 Å². The normalized spacial score (nSPS) is 12.6. The van der Waals surface area contributed by atoms with E-state index in [-0.39, 0.29) is 0 Å². The van der Waals surface area contributed by atoms with Crippen molar-refractivity contribution in [2.24, 2.45) is 0 Å². The Morgan fingerprint density at radius 3 is 2.71 bits per heavy atom. The third kappa shape index (κ3) is 6.39. The zero-order valence-corrected chi connectivity index (χ0v) is 11.0. The van der Waals surface area contributed by atoms with Crippen molar-refractivity contribution >= 4 is 0 Å². The summed E-state index contributed by atoms with van der Waals surface area (Å²) < 4.78 is 5.51. The summed E-state index contributed by atoms with van der Waals surface area (Å²) in [5, 5.41) is 3.53. The zero-order chi connectivity index (χ0) is 12.3. The molecule has 1 heterocycles. The van der Waals surface area contributed by atoms with E-state index in [4.69, 9.17) is 4.74 Å². The molecule has 1 rings (SSSR count).